The molecule has 0 atom stereocenters. The fraction of sp³-hybridized carbons (Fsp3) is 0.217. The molecule has 156 valence electrons. The monoisotopic (exact) mass is 432 g/mol. The Hall–Kier alpha value is -3.39. The molecule has 31 heavy (non-hydrogen) atoms. The van der Waals surface area contributed by atoms with Crippen molar-refractivity contribution in [1.29, 1.82) is 0 Å². The minimum absolute atomic E-state index is 0.211. The zero-order valence-electron chi connectivity index (χ0n) is 16.9. The van der Waals surface area contributed by atoms with Gasteiger partial charge in [-0.2, -0.15) is 16.9 Å². The molecule has 0 radical (unpaired) electrons. The Morgan fingerprint density at radius 3 is 2.42 bits per heavy atom. The largest absolute Gasteiger partial charge is 0.306 e. The van der Waals surface area contributed by atoms with Crippen molar-refractivity contribution in [1.82, 2.24) is 9.78 Å². The van der Waals surface area contributed by atoms with Crippen molar-refractivity contribution < 1.29 is 14.4 Å². The number of aryl methyl sites for hydroxylation is 1. The zero-order valence-corrected chi connectivity index (χ0v) is 17.7. The number of amides is 3. The van der Waals surface area contributed by atoms with Crippen LogP contribution in [0.25, 0.3) is 5.69 Å². The predicted octanol–water partition coefficient (Wildman–Crippen LogP) is 3.83. The van der Waals surface area contributed by atoms with E-state index >= 15 is 0 Å². The number of para-hydroxylation sites is 1. The topological polar surface area (TPSA) is 84.3 Å². The smallest absolute Gasteiger partial charge is 0.256 e. The number of benzene rings is 2. The third-order valence-corrected chi connectivity index (χ3v) is 6.54. The van der Waals surface area contributed by atoms with Crippen LogP contribution in [0.15, 0.2) is 48.5 Å². The van der Waals surface area contributed by atoms with E-state index in [0.717, 1.165) is 34.0 Å². The number of thioether (sulfide) groups is 1. The molecule has 3 amide bonds. The fourth-order valence-electron chi connectivity index (χ4n) is 3.92. The van der Waals surface area contributed by atoms with Crippen LogP contribution in [-0.2, 0) is 21.1 Å². The van der Waals surface area contributed by atoms with Crippen molar-refractivity contribution in [2.24, 2.45) is 0 Å². The van der Waals surface area contributed by atoms with Gasteiger partial charge in [-0.05, 0) is 42.8 Å². The third-order valence-electron chi connectivity index (χ3n) is 5.57. The fourth-order valence-corrected chi connectivity index (χ4v) is 4.96. The summed E-state index contributed by atoms with van der Waals surface area (Å²) in [5.74, 6) is 1.63. The lowest BCUT2D eigenvalue weighted by Gasteiger charge is -2.15. The SMILES string of the molecule is Cc1ccccc1-n1nc2c(c1NC(=O)c1ccc(N3C(=O)CCC3=O)cc1)CSC2. The molecule has 1 aromatic heterocycles. The molecular formula is C23H20N4O3S. The number of rotatable bonds is 4. The number of carbonyl (C=O) groups excluding carboxylic acids is 3. The van der Waals surface area contributed by atoms with Gasteiger partial charge in [0.05, 0.1) is 17.1 Å². The molecule has 0 bridgehead atoms. The lowest BCUT2D eigenvalue weighted by Crippen LogP contribution is -2.28. The van der Waals surface area contributed by atoms with Gasteiger partial charge in [0.1, 0.15) is 5.82 Å². The van der Waals surface area contributed by atoms with Crippen LogP contribution < -0.4 is 10.2 Å². The Labute approximate surface area is 183 Å². The van der Waals surface area contributed by atoms with Crippen molar-refractivity contribution in [3.8, 4) is 5.69 Å². The Morgan fingerprint density at radius 2 is 1.71 bits per heavy atom. The molecule has 0 saturated carbocycles. The first-order chi connectivity index (χ1) is 15.0. The molecule has 5 rings (SSSR count). The lowest BCUT2D eigenvalue weighted by molar-refractivity contribution is -0.121. The summed E-state index contributed by atoms with van der Waals surface area (Å²) in [6.45, 7) is 2.02. The summed E-state index contributed by atoms with van der Waals surface area (Å²) in [5, 5.41) is 7.79. The quantitative estimate of drug-likeness (QED) is 0.634. The minimum atomic E-state index is -0.264. The molecule has 3 heterocycles. The van der Waals surface area contributed by atoms with Gasteiger partial charge in [-0.3, -0.25) is 19.3 Å². The Bertz CT molecular complexity index is 1200. The number of hydrogen-bond donors (Lipinski definition) is 1. The van der Waals surface area contributed by atoms with Gasteiger partial charge in [-0.1, -0.05) is 18.2 Å². The average molecular weight is 433 g/mol. The van der Waals surface area contributed by atoms with Crippen molar-refractivity contribution in [2.75, 3.05) is 10.2 Å². The van der Waals surface area contributed by atoms with Crippen LogP contribution in [0.5, 0.6) is 0 Å². The van der Waals surface area contributed by atoms with E-state index in [-0.39, 0.29) is 30.6 Å². The van der Waals surface area contributed by atoms with Crippen molar-refractivity contribution in [3.05, 3.63) is 70.9 Å². The van der Waals surface area contributed by atoms with Crippen LogP contribution in [0.2, 0.25) is 0 Å². The van der Waals surface area contributed by atoms with Crippen molar-refractivity contribution >= 4 is 41.0 Å². The number of aromatic nitrogens is 2. The highest BCUT2D eigenvalue weighted by Gasteiger charge is 2.30. The average Bonchev–Trinajstić information content (AvgIpc) is 3.45. The molecule has 0 unspecified atom stereocenters. The van der Waals surface area contributed by atoms with E-state index in [1.165, 1.54) is 4.90 Å². The summed E-state index contributed by atoms with van der Waals surface area (Å²) in [5.41, 5.74) is 4.97. The van der Waals surface area contributed by atoms with E-state index < -0.39 is 0 Å². The molecule has 0 aliphatic carbocycles. The maximum Gasteiger partial charge on any atom is 0.256 e. The number of nitrogens with zero attached hydrogens (tertiary/aromatic N) is 3. The van der Waals surface area contributed by atoms with Gasteiger partial charge < -0.3 is 5.32 Å². The molecule has 1 fully saturated rings. The summed E-state index contributed by atoms with van der Waals surface area (Å²) in [6, 6.07) is 14.5. The molecule has 0 spiro atoms. The normalized spacial score (nSPS) is 15.5. The Morgan fingerprint density at radius 1 is 1.00 bits per heavy atom. The second kappa shape index (κ2) is 7.70. The van der Waals surface area contributed by atoms with Crippen molar-refractivity contribution in [2.45, 2.75) is 31.3 Å². The Balaban J connectivity index is 1.44. The standard InChI is InChI=1S/C23H20N4O3S/c1-14-4-2-3-5-19(14)27-22(17-12-31-13-18(17)25-27)24-23(30)15-6-8-16(9-7-15)26-20(28)10-11-21(26)29/h2-9H,10-13H2,1H3,(H,24,30). The Kier molecular flexibility index (Phi) is 4.86. The van der Waals surface area contributed by atoms with Gasteiger partial charge in [0.15, 0.2) is 0 Å². The number of carbonyl (C=O) groups is 3. The van der Waals surface area contributed by atoms with E-state index in [9.17, 15) is 14.4 Å². The highest BCUT2D eigenvalue weighted by molar-refractivity contribution is 7.98. The summed E-state index contributed by atoms with van der Waals surface area (Å²) >= 11 is 1.77. The summed E-state index contributed by atoms with van der Waals surface area (Å²) < 4.78 is 1.81. The molecule has 2 aliphatic heterocycles. The number of hydrogen-bond acceptors (Lipinski definition) is 5. The van der Waals surface area contributed by atoms with E-state index in [1.807, 2.05) is 35.9 Å². The van der Waals surface area contributed by atoms with Gasteiger partial charge >= 0.3 is 0 Å². The van der Waals surface area contributed by atoms with Crippen LogP contribution in [0.3, 0.4) is 0 Å². The molecule has 2 aromatic carbocycles. The van der Waals surface area contributed by atoms with Gasteiger partial charge in [0.2, 0.25) is 11.8 Å². The second-order valence-electron chi connectivity index (χ2n) is 7.59. The summed E-state index contributed by atoms with van der Waals surface area (Å²) in [6.07, 6.45) is 0.459. The minimum Gasteiger partial charge on any atom is -0.306 e. The van der Waals surface area contributed by atoms with Gasteiger partial charge in [0, 0.05) is 35.5 Å². The maximum absolute atomic E-state index is 13.0. The molecule has 2 aliphatic rings. The number of imide groups is 1. The van der Waals surface area contributed by atoms with E-state index in [0.29, 0.717) is 17.1 Å². The second-order valence-corrected chi connectivity index (χ2v) is 8.57. The molecule has 3 aromatic rings. The predicted molar refractivity (Wildman–Crippen MR) is 119 cm³/mol. The molecule has 1 N–H and O–H groups in total. The highest BCUT2D eigenvalue weighted by atomic mass is 32.2. The lowest BCUT2D eigenvalue weighted by atomic mass is 10.1. The van der Waals surface area contributed by atoms with Gasteiger partial charge in [-0.15, -0.1) is 0 Å². The maximum atomic E-state index is 13.0. The number of fused-ring (bicyclic) bond motifs is 1. The van der Waals surface area contributed by atoms with Crippen molar-refractivity contribution in [3.63, 3.8) is 0 Å². The van der Waals surface area contributed by atoms with Crippen LogP contribution in [0.1, 0.15) is 40.0 Å². The van der Waals surface area contributed by atoms with Crippen LogP contribution in [0.4, 0.5) is 11.5 Å². The summed E-state index contributed by atoms with van der Waals surface area (Å²) in [7, 11) is 0. The third kappa shape index (κ3) is 3.42. The highest BCUT2D eigenvalue weighted by Crippen LogP contribution is 2.36. The van der Waals surface area contributed by atoms with Crippen LogP contribution in [-0.4, -0.2) is 27.5 Å². The van der Waals surface area contributed by atoms with Gasteiger partial charge in [0.25, 0.3) is 5.91 Å². The molecule has 1 saturated heterocycles. The molecule has 7 nitrogen and oxygen atoms in total. The molecular weight excluding hydrogens is 412 g/mol. The van der Waals surface area contributed by atoms with E-state index in [1.54, 1.807) is 36.0 Å². The van der Waals surface area contributed by atoms with E-state index in [4.69, 9.17) is 5.10 Å². The summed E-state index contributed by atoms with van der Waals surface area (Å²) in [4.78, 5) is 38.1. The molecule has 8 heteroatoms. The van der Waals surface area contributed by atoms with Crippen LogP contribution in [0, 0.1) is 6.92 Å². The first-order valence-electron chi connectivity index (χ1n) is 10.0. The zero-order chi connectivity index (χ0) is 21.5. The van der Waals surface area contributed by atoms with Gasteiger partial charge in [-0.25, -0.2) is 4.68 Å². The number of anilines is 2. The van der Waals surface area contributed by atoms with Crippen LogP contribution >= 0.6 is 11.8 Å². The number of nitrogens with one attached hydrogen (secondary N) is 1. The van der Waals surface area contributed by atoms with E-state index in [2.05, 4.69) is 5.32 Å². The first-order valence-corrected chi connectivity index (χ1v) is 11.2. The first kappa shape index (κ1) is 19.6.